The molecule has 0 spiro atoms. The van der Waals surface area contributed by atoms with Gasteiger partial charge in [-0.2, -0.15) is 10.2 Å². The van der Waals surface area contributed by atoms with Gasteiger partial charge in [0.15, 0.2) is 0 Å². The molecule has 2 fully saturated rings. The lowest BCUT2D eigenvalue weighted by Crippen LogP contribution is -2.48. The van der Waals surface area contributed by atoms with Crippen LogP contribution in [0, 0.1) is 0 Å². The quantitative estimate of drug-likeness (QED) is 0.259. The summed E-state index contributed by atoms with van der Waals surface area (Å²) >= 11 is 0. The fourth-order valence-corrected chi connectivity index (χ4v) is 6.47. The average Bonchev–Trinajstić information content (AvgIpc) is 3.51. The zero-order valence-corrected chi connectivity index (χ0v) is 25.6. The Kier molecular flexibility index (Phi) is 9.10. The first kappa shape index (κ1) is 31.0. The van der Waals surface area contributed by atoms with Crippen LogP contribution >= 0.6 is 0 Å². The molecule has 0 saturated heterocycles. The molecule has 0 aliphatic heterocycles. The number of rotatable bonds is 5. The molecule has 4 atom stereocenters. The van der Waals surface area contributed by atoms with Gasteiger partial charge in [-0.05, 0) is 84.3 Å². The van der Waals surface area contributed by atoms with Crippen molar-refractivity contribution in [1.82, 2.24) is 24.9 Å². The van der Waals surface area contributed by atoms with Gasteiger partial charge in [0.25, 0.3) is 0 Å². The van der Waals surface area contributed by atoms with Crippen molar-refractivity contribution in [3.05, 3.63) is 60.9 Å². The van der Waals surface area contributed by atoms with Crippen molar-refractivity contribution in [2.45, 2.75) is 114 Å². The predicted molar refractivity (Wildman–Crippen MR) is 167 cm³/mol. The van der Waals surface area contributed by atoms with E-state index in [0.717, 1.165) is 53.9 Å². The van der Waals surface area contributed by atoms with E-state index in [1.807, 2.05) is 91.1 Å². The third-order valence-electron chi connectivity index (χ3n) is 8.39. The average molecular weight is 591 g/mol. The van der Waals surface area contributed by atoms with Crippen LogP contribution in [-0.2, 0) is 17.8 Å². The van der Waals surface area contributed by atoms with Gasteiger partial charge in [-0.15, -0.1) is 0 Å². The molecule has 2 aliphatic rings. The Bertz CT molecular complexity index is 1530. The highest BCUT2D eigenvalue weighted by molar-refractivity contribution is 5.79. The van der Waals surface area contributed by atoms with E-state index in [4.69, 9.17) is 10.5 Å². The minimum Gasteiger partial charge on any atom is -0.444 e. The van der Waals surface area contributed by atoms with Crippen molar-refractivity contribution in [3.8, 4) is 0 Å². The third-order valence-corrected chi connectivity index (χ3v) is 8.39. The summed E-state index contributed by atoms with van der Waals surface area (Å²) < 4.78 is 9.07. The van der Waals surface area contributed by atoms with Crippen LogP contribution in [0.2, 0.25) is 0 Å². The van der Waals surface area contributed by atoms with Crippen molar-refractivity contribution in [3.63, 3.8) is 0 Å². The fourth-order valence-electron chi connectivity index (χ4n) is 6.47. The number of nitrogens with zero attached hydrogens (tertiary/aromatic N) is 4. The monoisotopic (exact) mass is 590 g/mol. The molecule has 10 heteroatoms. The van der Waals surface area contributed by atoms with Gasteiger partial charge in [-0.1, -0.05) is 36.4 Å². The molecule has 43 heavy (non-hydrogen) atoms. The summed E-state index contributed by atoms with van der Waals surface area (Å²) in [5, 5.41) is 35.6. The molecule has 5 N–H and O–H groups in total. The Morgan fingerprint density at radius 2 is 1.42 bits per heavy atom. The summed E-state index contributed by atoms with van der Waals surface area (Å²) in [6.45, 7) is 6.48. The lowest BCUT2D eigenvalue weighted by Gasteiger charge is -2.37. The zero-order chi connectivity index (χ0) is 30.7. The summed E-state index contributed by atoms with van der Waals surface area (Å²) in [6, 6.07) is 16.1. The Hall–Kier alpha value is -3.47. The zero-order valence-electron chi connectivity index (χ0n) is 25.6. The highest BCUT2D eigenvalue weighted by Gasteiger charge is 2.37. The number of benzene rings is 2. The SMILES string of the molecule is CC(C)(C)OC(=O)N[C@@H]1CCCC(O)(Cn2ncc3ccccc32)C1.N[C@@H]1CCCC(O)(Cn2ncc3ccccc32)C1. The Morgan fingerprint density at radius 3 is 1.95 bits per heavy atom. The summed E-state index contributed by atoms with van der Waals surface area (Å²) in [5.74, 6) is 0. The van der Waals surface area contributed by atoms with Crippen LogP contribution in [0.1, 0.15) is 72.1 Å². The lowest BCUT2D eigenvalue weighted by molar-refractivity contribution is -0.0252. The number of amides is 1. The molecular weight excluding hydrogens is 544 g/mol. The molecule has 6 rings (SSSR count). The number of fused-ring (bicyclic) bond motifs is 2. The van der Waals surface area contributed by atoms with Crippen molar-refractivity contribution < 1.29 is 19.7 Å². The van der Waals surface area contributed by atoms with E-state index in [0.29, 0.717) is 32.4 Å². The Labute approximate surface area is 253 Å². The summed E-state index contributed by atoms with van der Waals surface area (Å²) in [4.78, 5) is 12.0. The summed E-state index contributed by atoms with van der Waals surface area (Å²) in [5.41, 5.74) is 5.94. The number of para-hydroxylation sites is 2. The maximum Gasteiger partial charge on any atom is 0.407 e. The van der Waals surface area contributed by atoms with Gasteiger partial charge in [0.2, 0.25) is 0 Å². The number of ether oxygens (including phenoxy) is 1. The molecule has 0 bridgehead atoms. The minimum atomic E-state index is -0.882. The molecule has 232 valence electrons. The second-order valence-corrected chi connectivity index (χ2v) is 13.5. The van der Waals surface area contributed by atoms with Crippen LogP contribution in [0.5, 0.6) is 0 Å². The van der Waals surface area contributed by atoms with Crippen molar-refractivity contribution in [2.75, 3.05) is 0 Å². The number of aliphatic hydroxyl groups is 2. The van der Waals surface area contributed by atoms with Gasteiger partial charge in [0.1, 0.15) is 5.60 Å². The number of alkyl carbamates (subject to hydrolysis) is 1. The normalized spacial score (nSPS) is 26.1. The van der Waals surface area contributed by atoms with E-state index >= 15 is 0 Å². The van der Waals surface area contributed by atoms with Crippen LogP contribution in [0.4, 0.5) is 4.79 Å². The molecule has 2 unspecified atom stereocenters. The predicted octanol–water partition coefficient (Wildman–Crippen LogP) is 4.90. The van der Waals surface area contributed by atoms with Gasteiger partial charge in [0.05, 0.1) is 47.7 Å². The number of carbonyl (C=O) groups is 1. The Balaban J connectivity index is 0.000000180. The number of hydrogen-bond acceptors (Lipinski definition) is 7. The van der Waals surface area contributed by atoms with Gasteiger partial charge in [-0.3, -0.25) is 9.36 Å². The molecule has 2 saturated carbocycles. The van der Waals surface area contributed by atoms with Gasteiger partial charge >= 0.3 is 6.09 Å². The number of carbonyl (C=O) groups excluding carboxylic acids is 1. The number of nitrogens with one attached hydrogen (secondary N) is 1. The van der Waals surface area contributed by atoms with Crippen LogP contribution in [0.25, 0.3) is 21.8 Å². The Morgan fingerprint density at radius 1 is 0.907 bits per heavy atom. The molecule has 4 aromatic rings. The van der Waals surface area contributed by atoms with Crippen LogP contribution in [0.15, 0.2) is 60.9 Å². The fraction of sp³-hybridized carbons (Fsp3) is 0.545. The summed E-state index contributed by atoms with van der Waals surface area (Å²) in [6.07, 6.45) is 9.64. The molecule has 1 amide bonds. The first-order chi connectivity index (χ1) is 20.4. The molecule has 2 heterocycles. The maximum absolute atomic E-state index is 12.0. The van der Waals surface area contributed by atoms with Crippen molar-refractivity contribution >= 4 is 27.9 Å². The topological polar surface area (TPSA) is 140 Å². The summed E-state index contributed by atoms with van der Waals surface area (Å²) in [7, 11) is 0. The van der Waals surface area contributed by atoms with E-state index in [1.54, 1.807) is 0 Å². The third kappa shape index (κ3) is 8.13. The maximum atomic E-state index is 12.0. The second-order valence-electron chi connectivity index (χ2n) is 13.5. The lowest BCUT2D eigenvalue weighted by atomic mass is 9.81. The standard InChI is InChI=1S/C19H27N3O3.C14H19N3O/c1-18(2,3)25-17(23)21-15-8-6-10-19(24,11-15)13-22-16-9-5-4-7-14(16)12-20-22;15-12-5-3-7-14(18,8-12)10-17-13-6-2-1-4-11(13)9-16-17/h4-5,7,9,12,15,24H,6,8,10-11,13H2,1-3H3,(H,21,23);1-2,4,6,9,12,18H,3,5,7-8,10,15H2/t15-,19?;12-,14?/m11/s1. The first-order valence-electron chi connectivity index (χ1n) is 15.4. The smallest absolute Gasteiger partial charge is 0.407 e. The van der Waals surface area contributed by atoms with Crippen molar-refractivity contribution in [2.24, 2.45) is 5.73 Å². The van der Waals surface area contributed by atoms with E-state index in [2.05, 4.69) is 15.5 Å². The highest BCUT2D eigenvalue weighted by Crippen LogP contribution is 2.32. The second kappa shape index (κ2) is 12.6. The van der Waals surface area contributed by atoms with Crippen LogP contribution in [-0.4, -0.2) is 64.8 Å². The molecule has 2 aliphatic carbocycles. The molecule has 2 aromatic heterocycles. The largest absolute Gasteiger partial charge is 0.444 e. The molecule has 10 nitrogen and oxygen atoms in total. The number of hydrogen-bond donors (Lipinski definition) is 4. The molecular formula is C33H46N6O4. The van der Waals surface area contributed by atoms with Gasteiger partial charge in [-0.25, -0.2) is 4.79 Å². The van der Waals surface area contributed by atoms with Crippen LogP contribution < -0.4 is 11.1 Å². The van der Waals surface area contributed by atoms with Gasteiger partial charge < -0.3 is 26.0 Å². The minimum absolute atomic E-state index is 0.0876. The molecule has 2 aromatic carbocycles. The van der Waals surface area contributed by atoms with E-state index < -0.39 is 22.9 Å². The highest BCUT2D eigenvalue weighted by atomic mass is 16.6. The van der Waals surface area contributed by atoms with E-state index in [1.165, 1.54) is 0 Å². The number of aromatic nitrogens is 4. The first-order valence-corrected chi connectivity index (χ1v) is 15.4. The number of nitrogens with two attached hydrogens (primary N) is 1. The molecule has 0 radical (unpaired) electrons. The van der Waals surface area contributed by atoms with Crippen LogP contribution in [0.3, 0.4) is 0 Å². The van der Waals surface area contributed by atoms with E-state index in [9.17, 15) is 15.0 Å². The van der Waals surface area contributed by atoms with Crippen molar-refractivity contribution in [1.29, 1.82) is 0 Å². The van der Waals surface area contributed by atoms with Gasteiger partial charge in [0, 0.05) is 22.9 Å². The van der Waals surface area contributed by atoms with E-state index in [-0.39, 0.29) is 12.1 Å².